The fraction of sp³-hybridized carbons (Fsp3) is 0.409. The number of nitrogen functional groups attached to an aromatic ring is 1. The molecule has 4 rings (SSSR count). The van der Waals surface area contributed by atoms with Gasteiger partial charge in [-0.05, 0) is 61.1 Å². The van der Waals surface area contributed by atoms with E-state index in [-0.39, 0.29) is 12.4 Å². The van der Waals surface area contributed by atoms with Crippen molar-refractivity contribution in [2.45, 2.75) is 32.2 Å². The molecule has 4 nitrogen and oxygen atoms in total. The summed E-state index contributed by atoms with van der Waals surface area (Å²) in [6.07, 6.45) is 7.32. The number of benzene rings is 1. The molecule has 5 heteroatoms. The third-order valence-electron chi connectivity index (χ3n) is 5.39. The van der Waals surface area contributed by atoms with E-state index in [1.165, 1.54) is 30.4 Å². The smallest absolute Gasteiger partial charge is 0.129 e. The molecule has 2 N–H and O–H groups in total. The van der Waals surface area contributed by atoms with E-state index in [0.29, 0.717) is 0 Å². The molecule has 0 spiro atoms. The Kier molecular flexibility index (Phi) is 6.75. The summed E-state index contributed by atoms with van der Waals surface area (Å²) < 4.78 is 0. The van der Waals surface area contributed by atoms with Crippen molar-refractivity contribution in [2.24, 2.45) is 0 Å². The number of nitrogens with zero attached hydrogens (tertiary/aromatic N) is 3. The van der Waals surface area contributed by atoms with Crippen molar-refractivity contribution in [2.75, 3.05) is 36.8 Å². The van der Waals surface area contributed by atoms with Crippen LogP contribution in [-0.4, -0.2) is 36.1 Å². The van der Waals surface area contributed by atoms with E-state index in [1.807, 2.05) is 12.1 Å². The number of rotatable bonds is 4. The minimum absolute atomic E-state index is 0. The van der Waals surface area contributed by atoms with Crippen molar-refractivity contribution in [3.63, 3.8) is 0 Å². The van der Waals surface area contributed by atoms with E-state index < -0.39 is 0 Å². The lowest BCUT2D eigenvalue weighted by atomic mass is 10.0. The molecule has 2 aliphatic heterocycles. The number of nitrogens with two attached hydrogens (primary N) is 1. The minimum atomic E-state index is 0. The molecule has 0 saturated carbocycles. The predicted octanol–water partition coefficient (Wildman–Crippen LogP) is 4.37. The summed E-state index contributed by atoms with van der Waals surface area (Å²) in [4.78, 5) is 9.86. The van der Waals surface area contributed by atoms with Crippen LogP contribution < -0.4 is 10.6 Å². The summed E-state index contributed by atoms with van der Waals surface area (Å²) >= 11 is 0. The summed E-state index contributed by atoms with van der Waals surface area (Å²) in [6.45, 7) is 5.28. The maximum absolute atomic E-state index is 5.89. The summed E-state index contributed by atoms with van der Waals surface area (Å²) in [5.41, 5.74) is 10.6. The Labute approximate surface area is 168 Å². The highest BCUT2D eigenvalue weighted by Crippen LogP contribution is 2.25. The molecule has 144 valence electrons. The van der Waals surface area contributed by atoms with Gasteiger partial charge in [0.05, 0.1) is 5.69 Å². The lowest BCUT2D eigenvalue weighted by Gasteiger charge is -2.29. The van der Waals surface area contributed by atoms with Gasteiger partial charge in [-0.15, -0.1) is 12.4 Å². The average Bonchev–Trinajstić information content (AvgIpc) is 2.69. The minimum Gasteiger partial charge on any atom is -0.399 e. The van der Waals surface area contributed by atoms with Crippen molar-refractivity contribution in [3.05, 3.63) is 59.8 Å². The highest BCUT2D eigenvalue weighted by molar-refractivity contribution is 5.85. The van der Waals surface area contributed by atoms with Crippen LogP contribution in [0.3, 0.4) is 0 Å². The molecule has 1 saturated heterocycles. The predicted molar refractivity (Wildman–Crippen MR) is 116 cm³/mol. The van der Waals surface area contributed by atoms with E-state index in [9.17, 15) is 0 Å². The normalized spacial score (nSPS) is 17.9. The molecule has 3 heterocycles. The zero-order valence-corrected chi connectivity index (χ0v) is 16.6. The Morgan fingerprint density at radius 2 is 1.78 bits per heavy atom. The maximum atomic E-state index is 5.89. The Bertz CT molecular complexity index is 783. The second-order valence-corrected chi connectivity index (χ2v) is 7.39. The number of anilines is 2. The van der Waals surface area contributed by atoms with E-state index in [4.69, 9.17) is 10.7 Å². The van der Waals surface area contributed by atoms with Gasteiger partial charge >= 0.3 is 0 Å². The van der Waals surface area contributed by atoms with Crippen LogP contribution >= 0.6 is 12.4 Å². The molecule has 0 aliphatic carbocycles. The first-order chi connectivity index (χ1) is 12.8. The molecule has 1 aromatic carbocycles. The maximum Gasteiger partial charge on any atom is 0.129 e. The molecule has 27 heavy (non-hydrogen) atoms. The van der Waals surface area contributed by atoms with E-state index in [1.54, 1.807) is 0 Å². The third-order valence-corrected chi connectivity index (χ3v) is 5.39. The van der Waals surface area contributed by atoms with Crippen LogP contribution in [0.4, 0.5) is 11.5 Å². The average molecular weight is 385 g/mol. The summed E-state index contributed by atoms with van der Waals surface area (Å²) in [7, 11) is 0. The van der Waals surface area contributed by atoms with Crippen molar-refractivity contribution in [1.82, 2.24) is 9.88 Å². The molecule has 0 atom stereocenters. The number of halogens is 1. The zero-order valence-electron chi connectivity index (χ0n) is 15.8. The van der Waals surface area contributed by atoms with Crippen LogP contribution in [0.2, 0.25) is 0 Å². The number of hydrogen-bond donors (Lipinski definition) is 1. The summed E-state index contributed by atoms with van der Waals surface area (Å²) in [6, 6.07) is 14.7. The summed E-state index contributed by atoms with van der Waals surface area (Å²) in [5.74, 6) is 1.14. The van der Waals surface area contributed by atoms with Crippen LogP contribution in [0.25, 0.3) is 5.57 Å². The molecule has 1 fully saturated rings. The van der Waals surface area contributed by atoms with Gasteiger partial charge in [0, 0.05) is 38.4 Å². The molecule has 2 aromatic rings. The van der Waals surface area contributed by atoms with Crippen molar-refractivity contribution >= 4 is 29.5 Å². The van der Waals surface area contributed by atoms with Gasteiger partial charge < -0.3 is 10.6 Å². The van der Waals surface area contributed by atoms with E-state index >= 15 is 0 Å². The Hall–Kier alpha value is -2.04. The molecule has 1 aromatic heterocycles. The number of hydrogen-bond acceptors (Lipinski definition) is 4. The fourth-order valence-corrected chi connectivity index (χ4v) is 3.94. The molecule has 2 aliphatic rings. The van der Waals surface area contributed by atoms with Gasteiger partial charge in [0.15, 0.2) is 0 Å². The van der Waals surface area contributed by atoms with E-state index in [0.717, 1.165) is 56.3 Å². The van der Waals surface area contributed by atoms with Gasteiger partial charge in [0.2, 0.25) is 0 Å². The third kappa shape index (κ3) is 5.02. The van der Waals surface area contributed by atoms with Crippen molar-refractivity contribution in [1.29, 1.82) is 0 Å². The second kappa shape index (κ2) is 9.25. The highest BCUT2D eigenvalue weighted by Gasteiger charge is 2.16. The van der Waals surface area contributed by atoms with Gasteiger partial charge in [-0.1, -0.05) is 24.3 Å². The second-order valence-electron chi connectivity index (χ2n) is 7.39. The topological polar surface area (TPSA) is 45.4 Å². The van der Waals surface area contributed by atoms with Gasteiger partial charge in [0.25, 0.3) is 0 Å². The first kappa shape index (κ1) is 19.7. The number of piperidine rings is 1. The van der Waals surface area contributed by atoms with E-state index in [2.05, 4.69) is 46.2 Å². The van der Waals surface area contributed by atoms with Gasteiger partial charge in [-0.25, -0.2) is 4.98 Å². The van der Waals surface area contributed by atoms with Crippen LogP contribution in [0.15, 0.2) is 48.5 Å². The van der Waals surface area contributed by atoms with Gasteiger partial charge in [-0.2, -0.15) is 0 Å². The van der Waals surface area contributed by atoms with Gasteiger partial charge in [0.1, 0.15) is 5.82 Å². The monoisotopic (exact) mass is 384 g/mol. The molecule has 0 radical (unpaired) electrons. The number of aromatic nitrogens is 1. The van der Waals surface area contributed by atoms with Gasteiger partial charge in [-0.3, -0.25) is 4.90 Å². The number of pyridine rings is 1. The molecular weight excluding hydrogens is 356 g/mol. The SMILES string of the molecule is Cl.Nc1cccc(CN2CC=C(c3cccc(N4CCCCC4)n3)CC2)c1. The first-order valence-corrected chi connectivity index (χ1v) is 9.76. The molecular formula is C22H29ClN4. The van der Waals surface area contributed by atoms with Crippen LogP contribution in [-0.2, 0) is 6.54 Å². The lowest BCUT2D eigenvalue weighted by Crippen LogP contribution is -2.30. The molecule has 0 bridgehead atoms. The summed E-state index contributed by atoms with van der Waals surface area (Å²) in [5, 5.41) is 0. The quantitative estimate of drug-likeness (QED) is 0.795. The first-order valence-electron chi connectivity index (χ1n) is 9.76. The Balaban J connectivity index is 0.00000210. The standard InChI is InChI=1S/C22H28N4.ClH/c23-20-7-4-6-18(16-20)17-25-14-10-19(11-15-25)21-8-5-9-22(24-21)26-12-2-1-3-13-26;/h4-10,16H,1-3,11-15,17,23H2;1H. The van der Waals surface area contributed by atoms with Crippen LogP contribution in [0, 0.1) is 0 Å². The Morgan fingerprint density at radius 3 is 2.52 bits per heavy atom. The largest absolute Gasteiger partial charge is 0.399 e. The molecule has 0 unspecified atom stereocenters. The molecule has 0 amide bonds. The lowest BCUT2D eigenvalue weighted by molar-refractivity contribution is 0.294. The Morgan fingerprint density at radius 1 is 0.963 bits per heavy atom. The van der Waals surface area contributed by atoms with Crippen LogP contribution in [0.5, 0.6) is 0 Å². The fourth-order valence-electron chi connectivity index (χ4n) is 3.94. The zero-order chi connectivity index (χ0) is 17.8. The van der Waals surface area contributed by atoms with Crippen molar-refractivity contribution < 1.29 is 0 Å². The highest BCUT2D eigenvalue weighted by atomic mass is 35.5. The van der Waals surface area contributed by atoms with Crippen LogP contribution in [0.1, 0.15) is 36.9 Å². The van der Waals surface area contributed by atoms with Crippen molar-refractivity contribution in [3.8, 4) is 0 Å².